The molecule has 0 radical (unpaired) electrons. The summed E-state index contributed by atoms with van der Waals surface area (Å²) in [5.74, 6) is 1.07. The van der Waals surface area contributed by atoms with Crippen LogP contribution in [0, 0.1) is 0 Å². The summed E-state index contributed by atoms with van der Waals surface area (Å²) in [5, 5.41) is 12.1. The van der Waals surface area contributed by atoms with Gasteiger partial charge in [0.2, 0.25) is 0 Å². The van der Waals surface area contributed by atoms with Gasteiger partial charge >= 0.3 is 0 Å². The molecular weight excluding hydrogens is 270 g/mol. The zero-order chi connectivity index (χ0) is 14.7. The Balaban J connectivity index is 1.72. The van der Waals surface area contributed by atoms with Crippen LogP contribution in [0.2, 0.25) is 0 Å². The standard InChI is InChI=1S/C16H15NO4/c18-12-6-4-11(5-7-12)10-17-16(19)13-2-1-3-14-15(13)21-9-8-20-14/h1-7,18H,8-10H2,(H,17,19). The molecule has 0 aromatic heterocycles. The molecule has 0 spiro atoms. The monoisotopic (exact) mass is 285 g/mol. The third-order valence-corrected chi connectivity index (χ3v) is 3.20. The first-order valence-corrected chi connectivity index (χ1v) is 6.69. The lowest BCUT2D eigenvalue weighted by molar-refractivity contribution is 0.0940. The van der Waals surface area contributed by atoms with E-state index in [-0.39, 0.29) is 11.7 Å². The second-order valence-corrected chi connectivity index (χ2v) is 4.68. The molecule has 1 aliphatic rings. The number of benzene rings is 2. The molecule has 0 saturated heterocycles. The van der Waals surface area contributed by atoms with Crippen LogP contribution in [0.15, 0.2) is 42.5 Å². The molecule has 1 heterocycles. The lowest BCUT2D eigenvalue weighted by Crippen LogP contribution is -2.25. The highest BCUT2D eigenvalue weighted by Gasteiger charge is 2.19. The van der Waals surface area contributed by atoms with E-state index in [1.165, 1.54) is 0 Å². The molecule has 2 N–H and O–H groups in total. The van der Waals surface area contributed by atoms with Gasteiger partial charge in [0.1, 0.15) is 19.0 Å². The van der Waals surface area contributed by atoms with Crippen LogP contribution in [0.5, 0.6) is 17.2 Å². The van der Waals surface area contributed by atoms with E-state index in [4.69, 9.17) is 9.47 Å². The summed E-state index contributed by atoms with van der Waals surface area (Å²) >= 11 is 0. The van der Waals surface area contributed by atoms with E-state index in [2.05, 4.69) is 5.32 Å². The molecular formula is C16H15NO4. The summed E-state index contributed by atoms with van der Waals surface area (Å²) in [6.45, 7) is 1.31. The number of amides is 1. The normalized spacial score (nSPS) is 12.8. The number of hydrogen-bond donors (Lipinski definition) is 2. The van der Waals surface area contributed by atoms with Crippen molar-refractivity contribution in [3.8, 4) is 17.2 Å². The number of carbonyl (C=O) groups is 1. The van der Waals surface area contributed by atoms with Crippen LogP contribution in [0.1, 0.15) is 15.9 Å². The van der Waals surface area contributed by atoms with E-state index in [0.717, 1.165) is 5.56 Å². The fourth-order valence-electron chi connectivity index (χ4n) is 2.14. The van der Waals surface area contributed by atoms with Crippen LogP contribution in [-0.4, -0.2) is 24.2 Å². The molecule has 5 heteroatoms. The van der Waals surface area contributed by atoms with Crippen molar-refractivity contribution in [2.75, 3.05) is 13.2 Å². The minimum absolute atomic E-state index is 0.202. The zero-order valence-electron chi connectivity index (χ0n) is 11.3. The van der Waals surface area contributed by atoms with Crippen molar-refractivity contribution in [1.29, 1.82) is 0 Å². The Labute approximate surface area is 122 Å². The number of carbonyl (C=O) groups excluding carboxylic acids is 1. The van der Waals surface area contributed by atoms with Crippen molar-refractivity contribution in [1.82, 2.24) is 5.32 Å². The maximum atomic E-state index is 12.3. The van der Waals surface area contributed by atoms with Gasteiger partial charge in [0.25, 0.3) is 5.91 Å². The first-order valence-electron chi connectivity index (χ1n) is 6.69. The summed E-state index contributed by atoms with van der Waals surface area (Å²) < 4.78 is 11.0. The lowest BCUT2D eigenvalue weighted by Gasteiger charge is -2.20. The van der Waals surface area contributed by atoms with Crippen LogP contribution in [-0.2, 0) is 6.54 Å². The molecule has 2 aromatic rings. The fraction of sp³-hybridized carbons (Fsp3) is 0.188. The number of phenols is 1. The predicted octanol–water partition coefficient (Wildman–Crippen LogP) is 2.09. The van der Waals surface area contributed by atoms with E-state index < -0.39 is 0 Å². The first kappa shape index (κ1) is 13.3. The SMILES string of the molecule is O=C(NCc1ccc(O)cc1)c1cccc2c1OCCO2. The Hall–Kier alpha value is -2.69. The van der Waals surface area contributed by atoms with Gasteiger partial charge < -0.3 is 19.9 Å². The molecule has 2 aromatic carbocycles. The Bertz CT molecular complexity index is 652. The second kappa shape index (κ2) is 5.75. The molecule has 0 aliphatic carbocycles. The highest BCUT2D eigenvalue weighted by atomic mass is 16.6. The first-order chi connectivity index (χ1) is 10.2. The van der Waals surface area contributed by atoms with Gasteiger partial charge in [0.05, 0.1) is 5.56 Å². The minimum atomic E-state index is -0.217. The smallest absolute Gasteiger partial charge is 0.255 e. The van der Waals surface area contributed by atoms with E-state index in [1.807, 2.05) is 0 Å². The summed E-state index contributed by atoms with van der Waals surface area (Å²) in [6, 6.07) is 11.9. The maximum Gasteiger partial charge on any atom is 0.255 e. The van der Waals surface area contributed by atoms with Gasteiger partial charge in [0.15, 0.2) is 11.5 Å². The molecule has 0 bridgehead atoms. The molecule has 0 atom stereocenters. The number of rotatable bonds is 3. The van der Waals surface area contributed by atoms with Crippen molar-refractivity contribution < 1.29 is 19.4 Å². The highest BCUT2D eigenvalue weighted by molar-refractivity contribution is 5.97. The van der Waals surface area contributed by atoms with Crippen molar-refractivity contribution in [2.24, 2.45) is 0 Å². The quantitative estimate of drug-likeness (QED) is 0.906. The van der Waals surface area contributed by atoms with Crippen LogP contribution in [0.4, 0.5) is 0 Å². The highest BCUT2D eigenvalue weighted by Crippen LogP contribution is 2.33. The molecule has 5 nitrogen and oxygen atoms in total. The lowest BCUT2D eigenvalue weighted by atomic mass is 10.1. The van der Waals surface area contributed by atoms with Crippen LogP contribution < -0.4 is 14.8 Å². The van der Waals surface area contributed by atoms with Gasteiger partial charge in [-0.1, -0.05) is 18.2 Å². The molecule has 0 saturated carbocycles. The van der Waals surface area contributed by atoms with Gasteiger partial charge in [0, 0.05) is 6.54 Å². The predicted molar refractivity (Wildman–Crippen MR) is 76.7 cm³/mol. The van der Waals surface area contributed by atoms with Gasteiger partial charge in [-0.25, -0.2) is 0 Å². The van der Waals surface area contributed by atoms with Gasteiger partial charge in [-0.15, -0.1) is 0 Å². The molecule has 1 amide bonds. The average molecular weight is 285 g/mol. The number of para-hydroxylation sites is 1. The van der Waals surface area contributed by atoms with Crippen molar-refractivity contribution in [3.05, 3.63) is 53.6 Å². The number of hydrogen-bond acceptors (Lipinski definition) is 4. The number of fused-ring (bicyclic) bond motifs is 1. The Morgan fingerprint density at radius 3 is 2.67 bits per heavy atom. The van der Waals surface area contributed by atoms with E-state index in [9.17, 15) is 9.90 Å². The van der Waals surface area contributed by atoms with Crippen LogP contribution in [0.3, 0.4) is 0 Å². The van der Waals surface area contributed by atoms with E-state index in [0.29, 0.717) is 36.8 Å². The zero-order valence-corrected chi connectivity index (χ0v) is 11.3. The minimum Gasteiger partial charge on any atom is -0.508 e. The second-order valence-electron chi connectivity index (χ2n) is 4.68. The largest absolute Gasteiger partial charge is 0.508 e. The molecule has 0 fully saturated rings. The Kier molecular flexibility index (Phi) is 3.64. The van der Waals surface area contributed by atoms with Gasteiger partial charge in [-0.2, -0.15) is 0 Å². The van der Waals surface area contributed by atoms with Crippen molar-refractivity contribution >= 4 is 5.91 Å². The molecule has 21 heavy (non-hydrogen) atoms. The average Bonchev–Trinajstić information content (AvgIpc) is 2.53. The Morgan fingerprint density at radius 2 is 1.86 bits per heavy atom. The van der Waals surface area contributed by atoms with E-state index >= 15 is 0 Å². The number of phenolic OH excluding ortho intramolecular Hbond substituents is 1. The number of nitrogens with one attached hydrogen (secondary N) is 1. The number of aromatic hydroxyl groups is 1. The fourth-order valence-corrected chi connectivity index (χ4v) is 2.14. The summed E-state index contributed by atoms with van der Waals surface area (Å²) in [5.41, 5.74) is 1.37. The van der Waals surface area contributed by atoms with Crippen molar-refractivity contribution in [2.45, 2.75) is 6.54 Å². The molecule has 0 unspecified atom stereocenters. The van der Waals surface area contributed by atoms with Crippen molar-refractivity contribution in [3.63, 3.8) is 0 Å². The molecule has 108 valence electrons. The van der Waals surface area contributed by atoms with Crippen LogP contribution in [0.25, 0.3) is 0 Å². The number of ether oxygens (including phenoxy) is 2. The topological polar surface area (TPSA) is 67.8 Å². The summed E-state index contributed by atoms with van der Waals surface area (Å²) in [4.78, 5) is 12.3. The van der Waals surface area contributed by atoms with Gasteiger partial charge in [-0.3, -0.25) is 4.79 Å². The Morgan fingerprint density at radius 1 is 1.10 bits per heavy atom. The molecule has 1 aliphatic heterocycles. The van der Waals surface area contributed by atoms with E-state index in [1.54, 1.807) is 42.5 Å². The van der Waals surface area contributed by atoms with Gasteiger partial charge in [-0.05, 0) is 29.8 Å². The maximum absolute atomic E-state index is 12.3. The third-order valence-electron chi connectivity index (χ3n) is 3.20. The van der Waals surface area contributed by atoms with Crippen LogP contribution >= 0.6 is 0 Å². The summed E-state index contributed by atoms with van der Waals surface area (Å²) in [7, 11) is 0. The third kappa shape index (κ3) is 2.91. The summed E-state index contributed by atoms with van der Waals surface area (Å²) in [6.07, 6.45) is 0. The molecule has 3 rings (SSSR count).